The molecular weight excluding hydrogens is 663 g/mol. The molecule has 47 heavy (non-hydrogen) atoms. The lowest BCUT2D eigenvalue weighted by molar-refractivity contribution is -0.172. The van der Waals surface area contributed by atoms with Crippen LogP contribution in [0.5, 0.6) is 5.75 Å². The van der Waals surface area contributed by atoms with E-state index in [2.05, 4.69) is 35.8 Å². The van der Waals surface area contributed by atoms with Crippen LogP contribution >= 0.6 is 23.4 Å². The number of nitrogens with zero attached hydrogens (tertiary/aromatic N) is 2. The number of alkyl halides is 3. The maximum absolute atomic E-state index is 13.1. The minimum absolute atomic E-state index is 0.383. The monoisotopic (exact) mass is 695 g/mol. The van der Waals surface area contributed by atoms with E-state index in [1.807, 2.05) is 23.9 Å². The molecule has 1 N–H and O–H groups in total. The van der Waals surface area contributed by atoms with E-state index < -0.39 is 54.1 Å². The number of thioether (sulfide) groups is 1. The van der Waals surface area contributed by atoms with Crippen LogP contribution in [-0.2, 0) is 26.4 Å². The molecule has 0 bridgehead atoms. The van der Waals surface area contributed by atoms with Crippen molar-refractivity contribution in [1.29, 1.82) is 0 Å². The quantitative estimate of drug-likeness (QED) is 0.241. The highest BCUT2D eigenvalue weighted by Gasteiger charge is 2.45. The van der Waals surface area contributed by atoms with Gasteiger partial charge in [-0.25, -0.2) is 4.79 Å². The molecule has 0 spiro atoms. The van der Waals surface area contributed by atoms with Crippen molar-refractivity contribution in [3.63, 3.8) is 0 Å². The van der Waals surface area contributed by atoms with Crippen LogP contribution in [0.2, 0.25) is 5.02 Å². The number of rotatable bonds is 5. The van der Waals surface area contributed by atoms with Gasteiger partial charge in [0, 0.05) is 47.7 Å². The number of pyridine rings is 1. The molecule has 1 amide bonds. The number of hydrogen-bond acceptors (Lipinski definition) is 9. The standard InChI is InChI=1S/C18H22F3N3O7.C14H11ClS/c1-10(18(19,20)21)23-9-22-24-6-3-13(25)15(14(24)16(23)26)29-11(2)30-17(27)31-12-4-7-28-8-5-12;15-13-6-3-5-10-8-11-4-1-2-7-14(11)16-9-12(10)13/h3,6,10-12,22H,4-5,7-9H2,1-2H3;1-7H,8-9H2/t10-,11?;/m1./s1. The first-order valence-electron chi connectivity index (χ1n) is 14.9. The van der Waals surface area contributed by atoms with Gasteiger partial charge in [0.2, 0.25) is 17.5 Å². The molecule has 3 aromatic rings. The molecule has 2 aromatic carbocycles. The number of benzene rings is 2. The number of aromatic nitrogens is 1. The third-order valence-corrected chi connectivity index (χ3v) is 9.29. The van der Waals surface area contributed by atoms with E-state index >= 15 is 0 Å². The summed E-state index contributed by atoms with van der Waals surface area (Å²) in [6, 6.07) is 13.8. The van der Waals surface area contributed by atoms with Crippen molar-refractivity contribution in [3.8, 4) is 5.75 Å². The molecule has 0 radical (unpaired) electrons. The minimum atomic E-state index is -4.67. The largest absolute Gasteiger partial charge is 0.511 e. The summed E-state index contributed by atoms with van der Waals surface area (Å²) in [4.78, 5) is 38.9. The van der Waals surface area contributed by atoms with Crippen LogP contribution in [0.3, 0.4) is 0 Å². The molecule has 252 valence electrons. The van der Waals surface area contributed by atoms with Crippen molar-refractivity contribution in [2.75, 3.05) is 25.3 Å². The maximum atomic E-state index is 13.1. The van der Waals surface area contributed by atoms with Crippen LogP contribution < -0.4 is 15.6 Å². The number of halogens is 4. The number of ether oxygens (including phenoxy) is 4. The molecule has 10 nitrogen and oxygen atoms in total. The van der Waals surface area contributed by atoms with Gasteiger partial charge in [-0.3, -0.25) is 14.3 Å². The second-order valence-corrected chi connectivity index (χ2v) is 12.4. The number of nitrogens with one attached hydrogen (secondary N) is 1. The van der Waals surface area contributed by atoms with E-state index in [1.54, 1.807) is 0 Å². The Balaban J connectivity index is 0.000000225. The molecule has 0 aliphatic carbocycles. The number of carbonyl (C=O) groups excluding carboxylic acids is 2. The van der Waals surface area contributed by atoms with E-state index in [0.29, 0.717) is 31.0 Å². The average molecular weight is 696 g/mol. The zero-order chi connectivity index (χ0) is 33.7. The predicted octanol–water partition coefficient (Wildman–Crippen LogP) is 6.35. The summed E-state index contributed by atoms with van der Waals surface area (Å²) in [5.74, 6) is -0.634. The van der Waals surface area contributed by atoms with Crippen LogP contribution in [0.4, 0.5) is 18.0 Å². The highest BCUT2D eigenvalue weighted by atomic mass is 35.5. The molecule has 6 rings (SSSR count). The summed E-state index contributed by atoms with van der Waals surface area (Å²) in [6.45, 7) is 2.57. The summed E-state index contributed by atoms with van der Waals surface area (Å²) >= 11 is 8.13. The van der Waals surface area contributed by atoms with Gasteiger partial charge in [-0.05, 0) is 42.2 Å². The lowest BCUT2D eigenvalue weighted by Crippen LogP contribution is -2.54. The Morgan fingerprint density at radius 2 is 1.79 bits per heavy atom. The molecule has 1 unspecified atom stereocenters. The Hall–Kier alpha value is -3.88. The number of fused-ring (bicyclic) bond motifs is 3. The van der Waals surface area contributed by atoms with E-state index in [1.165, 1.54) is 34.7 Å². The normalized spacial score (nSPS) is 17.3. The van der Waals surface area contributed by atoms with Crippen molar-refractivity contribution in [3.05, 3.63) is 92.4 Å². The Morgan fingerprint density at radius 1 is 1.06 bits per heavy atom. The summed E-state index contributed by atoms with van der Waals surface area (Å²) in [6.07, 6.45) is -4.23. The molecule has 3 aliphatic heterocycles. The van der Waals surface area contributed by atoms with Gasteiger partial charge in [0.15, 0.2) is 5.69 Å². The van der Waals surface area contributed by atoms with Gasteiger partial charge in [0.05, 0.1) is 13.2 Å². The Labute approximate surface area is 278 Å². The lowest BCUT2D eigenvalue weighted by Gasteiger charge is -2.36. The molecule has 2 atom stereocenters. The van der Waals surface area contributed by atoms with E-state index in [0.717, 1.165) is 34.9 Å². The molecular formula is C32H33ClF3N3O7S. The molecule has 3 aliphatic rings. The van der Waals surface area contributed by atoms with E-state index in [4.69, 9.17) is 30.5 Å². The van der Waals surface area contributed by atoms with Gasteiger partial charge in [-0.1, -0.05) is 41.9 Å². The van der Waals surface area contributed by atoms with Crippen molar-refractivity contribution < 1.29 is 41.7 Å². The topological polar surface area (TPSA) is 108 Å². The van der Waals surface area contributed by atoms with Crippen molar-refractivity contribution >= 4 is 35.4 Å². The molecule has 15 heteroatoms. The van der Waals surface area contributed by atoms with Gasteiger partial charge in [0.25, 0.3) is 5.91 Å². The van der Waals surface area contributed by atoms with Gasteiger partial charge >= 0.3 is 12.3 Å². The fourth-order valence-electron chi connectivity index (χ4n) is 5.17. The molecule has 1 aromatic heterocycles. The zero-order valence-electron chi connectivity index (χ0n) is 25.6. The van der Waals surface area contributed by atoms with E-state index in [-0.39, 0.29) is 6.10 Å². The minimum Gasteiger partial charge on any atom is -0.448 e. The van der Waals surface area contributed by atoms with E-state index in [9.17, 15) is 27.6 Å². The summed E-state index contributed by atoms with van der Waals surface area (Å²) in [5, 5.41) is 0.901. The van der Waals surface area contributed by atoms with Crippen molar-refractivity contribution in [2.24, 2.45) is 0 Å². The SMILES string of the molecule is CC(OC(=O)OC1CCOCC1)Oc1c2n(ccc1=O)NCN([C@H](C)C(F)(F)F)C2=O.Clc1cccc2c1CSc1ccccc1C2. The Bertz CT molecular complexity index is 1670. The highest BCUT2D eigenvalue weighted by Crippen LogP contribution is 2.36. The van der Waals surface area contributed by atoms with Gasteiger partial charge in [0.1, 0.15) is 18.8 Å². The first kappa shape index (κ1) is 34.5. The molecule has 1 saturated heterocycles. The lowest BCUT2D eigenvalue weighted by atomic mass is 10.0. The Kier molecular flexibility index (Phi) is 10.9. The Morgan fingerprint density at radius 3 is 2.53 bits per heavy atom. The third kappa shape index (κ3) is 8.35. The fourth-order valence-corrected chi connectivity index (χ4v) is 6.65. The molecule has 1 fully saturated rings. The highest BCUT2D eigenvalue weighted by molar-refractivity contribution is 7.98. The van der Waals surface area contributed by atoms with Crippen LogP contribution in [0.25, 0.3) is 0 Å². The maximum Gasteiger partial charge on any atom is 0.511 e. The smallest absolute Gasteiger partial charge is 0.448 e. The number of amides is 1. The zero-order valence-corrected chi connectivity index (χ0v) is 27.1. The summed E-state index contributed by atoms with van der Waals surface area (Å²) in [7, 11) is 0. The fraction of sp³-hybridized carbons (Fsp3) is 0.406. The van der Waals surface area contributed by atoms with Crippen LogP contribution in [0, 0.1) is 0 Å². The van der Waals surface area contributed by atoms with Gasteiger partial charge < -0.3 is 29.3 Å². The predicted molar refractivity (Wildman–Crippen MR) is 168 cm³/mol. The second kappa shape index (κ2) is 14.9. The van der Waals surface area contributed by atoms with Crippen molar-refractivity contribution in [2.45, 2.75) is 68.4 Å². The average Bonchev–Trinajstić information content (AvgIpc) is 3.23. The van der Waals surface area contributed by atoms with Gasteiger partial charge in [-0.2, -0.15) is 13.2 Å². The van der Waals surface area contributed by atoms with Crippen molar-refractivity contribution in [1.82, 2.24) is 9.58 Å². The molecule has 0 saturated carbocycles. The molecule has 4 heterocycles. The number of carbonyl (C=O) groups is 2. The van der Waals surface area contributed by atoms with Crippen LogP contribution in [-0.4, -0.2) is 66.1 Å². The van der Waals surface area contributed by atoms with Crippen LogP contribution in [0.15, 0.2) is 64.4 Å². The second-order valence-electron chi connectivity index (χ2n) is 11.0. The number of hydrogen-bond donors (Lipinski definition) is 1. The first-order valence-corrected chi connectivity index (χ1v) is 16.2. The first-order chi connectivity index (χ1) is 22.4. The summed E-state index contributed by atoms with van der Waals surface area (Å²) in [5.41, 5.74) is 5.45. The van der Waals surface area contributed by atoms with Gasteiger partial charge in [-0.15, -0.1) is 11.8 Å². The summed E-state index contributed by atoms with van der Waals surface area (Å²) < 4.78 is 61.0. The van der Waals surface area contributed by atoms with Crippen LogP contribution in [0.1, 0.15) is 53.9 Å². The third-order valence-electron chi connectivity index (χ3n) is 7.79.